The molecule has 3 heteroatoms. The fourth-order valence-corrected chi connectivity index (χ4v) is 6.64. The molecule has 0 aliphatic rings. The van der Waals surface area contributed by atoms with Crippen molar-refractivity contribution in [3.05, 3.63) is 236 Å². The van der Waals surface area contributed by atoms with Gasteiger partial charge in [-0.25, -0.2) is 0 Å². The van der Waals surface area contributed by atoms with Gasteiger partial charge in [-0.05, 0) is 120 Å². The summed E-state index contributed by atoms with van der Waals surface area (Å²) in [6, 6.07) is 78.8. The Balaban J connectivity index is 1.04. The van der Waals surface area contributed by atoms with E-state index in [1.165, 1.54) is 0 Å². The number of benzene rings is 8. The number of hydrogen-bond donors (Lipinski definition) is 0. The maximum Gasteiger partial charge on any atom is 0.0463 e. The Morgan fingerprint density at radius 1 is 0.189 bits per heavy atom. The highest BCUT2D eigenvalue weighted by atomic mass is 15.2. The molecule has 0 heterocycles. The van der Waals surface area contributed by atoms with Gasteiger partial charge >= 0.3 is 0 Å². The van der Waals surface area contributed by atoms with Gasteiger partial charge in [0.2, 0.25) is 0 Å². The van der Waals surface area contributed by atoms with Gasteiger partial charge in [0.15, 0.2) is 0 Å². The fraction of sp³-hybridized carbons (Fsp3) is 0. The summed E-state index contributed by atoms with van der Waals surface area (Å²) in [6.45, 7) is 0. The van der Waals surface area contributed by atoms with Crippen LogP contribution in [0.1, 0.15) is 11.1 Å². The van der Waals surface area contributed by atoms with Crippen LogP contribution in [0.4, 0.5) is 51.2 Å². The lowest BCUT2D eigenvalue weighted by molar-refractivity contribution is 1.25. The predicted molar refractivity (Wildman–Crippen MR) is 226 cm³/mol. The highest BCUT2D eigenvalue weighted by molar-refractivity contribution is 5.82. The first-order valence-corrected chi connectivity index (χ1v) is 17.9. The molecule has 0 aliphatic carbocycles. The highest BCUT2D eigenvalue weighted by Crippen LogP contribution is 2.39. The predicted octanol–water partition coefficient (Wildman–Crippen LogP) is 14.3. The molecule has 0 spiro atoms. The zero-order valence-electron chi connectivity index (χ0n) is 29.4. The van der Waals surface area contributed by atoms with Crippen LogP contribution in [-0.2, 0) is 0 Å². The summed E-state index contributed by atoms with van der Waals surface area (Å²) >= 11 is 0. The van der Waals surface area contributed by atoms with E-state index in [0.717, 1.165) is 62.3 Å². The van der Waals surface area contributed by atoms with E-state index in [2.05, 4.69) is 251 Å². The SMILES string of the molecule is C(=C\c1ccc(N(c2ccccc2)c2ccc(N(c3ccccc3)c3ccccc3)cc2)cc1)/c1ccc(N(c2ccccc2)c2ccccc2)cc1. The molecular weight excluding hydrogens is 643 g/mol. The quantitative estimate of drug-likeness (QED) is 0.126. The number of rotatable bonds is 11. The summed E-state index contributed by atoms with van der Waals surface area (Å²) in [5.41, 5.74) is 12.3. The van der Waals surface area contributed by atoms with Gasteiger partial charge in [-0.1, -0.05) is 127 Å². The molecular formula is C50H39N3. The molecule has 0 N–H and O–H groups in total. The zero-order chi connectivity index (χ0) is 35.7. The van der Waals surface area contributed by atoms with E-state index in [9.17, 15) is 0 Å². The van der Waals surface area contributed by atoms with Crippen molar-refractivity contribution in [3.8, 4) is 0 Å². The van der Waals surface area contributed by atoms with Gasteiger partial charge in [-0.3, -0.25) is 0 Å². The van der Waals surface area contributed by atoms with Crippen LogP contribution in [-0.4, -0.2) is 0 Å². The van der Waals surface area contributed by atoms with E-state index in [1.54, 1.807) is 0 Å². The summed E-state index contributed by atoms with van der Waals surface area (Å²) in [5.74, 6) is 0. The molecule has 0 saturated heterocycles. The summed E-state index contributed by atoms with van der Waals surface area (Å²) in [5, 5.41) is 0. The average Bonchev–Trinajstić information content (AvgIpc) is 3.24. The lowest BCUT2D eigenvalue weighted by Gasteiger charge is -2.28. The molecule has 8 aromatic rings. The molecule has 0 amide bonds. The number of anilines is 9. The van der Waals surface area contributed by atoms with Crippen LogP contribution in [0.5, 0.6) is 0 Å². The minimum absolute atomic E-state index is 1.09. The summed E-state index contributed by atoms with van der Waals surface area (Å²) in [4.78, 5) is 6.87. The van der Waals surface area contributed by atoms with E-state index in [4.69, 9.17) is 0 Å². The monoisotopic (exact) mass is 681 g/mol. The van der Waals surface area contributed by atoms with Crippen molar-refractivity contribution in [2.75, 3.05) is 14.7 Å². The van der Waals surface area contributed by atoms with E-state index in [-0.39, 0.29) is 0 Å². The Morgan fingerprint density at radius 2 is 0.358 bits per heavy atom. The molecule has 0 saturated carbocycles. The first-order valence-electron chi connectivity index (χ1n) is 17.9. The van der Waals surface area contributed by atoms with Gasteiger partial charge in [0.25, 0.3) is 0 Å². The van der Waals surface area contributed by atoms with E-state index in [0.29, 0.717) is 0 Å². The molecule has 3 nitrogen and oxygen atoms in total. The smallest absolute Gasteiger partial charge is 0.0463 e. The second kappa shape index (κ2) is 15.8. The maximum atomic E-state index is 2.30. The summed E-state index contributed by atoms with van der Waals surface area (Å²) < 4.78 is 0. The third-order valence-corrected chi connectivity index (χ3v) is 9.21. The Hall–Kier alpha value is -7.10. The van der Waals surface area contributed by atoms with Crippen LogP contribution in [0.3, 0.4) is 0 Å². The van der Waals surface area contributed by atoms with Crippen LogP contribution in [0.2, 0.25) is 0 Å². The number of para-hydroxylation sites is 5. The van der Waals surface area contributed by atoms with Crippen molar-refractivity contribution in [1.29, 1.82) is 0 Å². The van der Waals surface area contributed by atoms with Crippen molar-refractivity contribution >= 4 is 63.3 Å². The van der Waals surface area contributed by atoms with Crippen molar-refractivity contribution < 1.29 is 0 Å². The molecule has 0 atom stereocenters. The standard InChI is InChI=1S/C50H39N3/c1-6-16-42(17-7-1)51(43-18-8-2-9-19-43)47-32-28-40(29-33-47)26-27-41-30-34-48(35-31-41)53(46-24-14-5-15-25-46)50-38-36-49(37-39-50)52(44-20-10-3-11-21-44)45-22-12-4-13-23-45/h1-39H/b27-26+. The van der Waals surface area contributed by atoms with Crippen molar-refractivity contribution in [3.63, 3.8) is 0 Å². The Bertz CT molecular complexity index is 2260. The Morgan fingerprint density at radius 3 is 0.566 bits per heavy atom. The number of nitrogens with zero attached hydrogens (tertiary/aromatic N) is 3. The van der Waals surface area contributed by atoms with Crippen LogP contribution in [0.15, 0.2) is 224 Å². The molecule has 0 unspecified atom stereocenters. The minimum atomic E-state index is 1.09. The van der Waals surface area contributed by atoms with Gasteiger partial charge < -0.3 is 14.7 Å². The largest absolute Gasteiger partial charge is 0.311 e. The normalized spacial score (nSPS) is 10.9. The van der Waals surface area contributed by atoms with Crippen LogP contribution in [0, 0.1) is 0 Å². The van der Waals surface area contributed by atoms with Crippen LogP contribution < -0.4 is 14.7 Å². The topological polar surface area (TPSA) is 9.72 Å². The number of hydrogen-bond acceptors (Lipinski definition) is 3. The van der Waals surface area contributed by atoms with Gasteiger partial charge in [0.05, 0.1) is 0 Å². The van der Waals surface area contributed by atoms with E-state index in [1.807, 2.05) is 0 Å². The molecule has 8 aromatic carbocycles. The molecule has 0 bridgehead atoms. The highest BCUT2D eigenvalue weighted by Gasteiger charge is 2.16. The molecule has 0 fully saturated rings. The van der Waals surface area contributed by atoms with Crippen molar-refractivity contribution in [2.24, 2.45) is 0 Å². The van der Waals surface area contributed by atoms with Gasteiger partial charge in [-0.2, -0.15) is 0 Å². The second-order valence-electron chi connectivity index (χ2n) is 12.7. The van der Waals surface area contributed by atoms with Crippen molar-refractivity contribution in [1.82, 2.24) is 0 Å². The zero-order valence-corrected chi connectivity index (χ0v) is 29.4. The van der Waals surface area contributed by atoms with Crippen LogP contribution in [0.25, 0.3) is 12.2 Å². The fourth-order valence-electron chi connectivity index (χ4n) is 6.64. The molecule has 8 rings (SSSR count). The first kappa shape index (κ1) is 33.1. The molecule has 254 valence electrons. The molecule has 0 aromatic heterocycles. The van der Waals surface area contributed by atoms with E-state index < -0.39 is 0 Å². The average molecular weight is 682 g/mol. The second-order valence-corrected chi connectivity index (χ2v) is 12.7. The van der Waals surface area contributed by atoms with Gasteiger partial charge in [-0.15, -0.1) is 0 Å². The lowest BCUT2D eigenvalue weighted by atomic mass is 10.1. The first-order chi connectivity index (χ1) is 26.3. The summed E-state index contributed by atoms with van der Waals surface area (Å²) in [6.07, 6.45) is 4.35. The Labute approximate surface area is 312 Å². The summed E-state index contributed by atoms with van der Waals surface area (Å²) in [7, 11) is 0. The van der Waals surface area contributed by atoms with Gasteiger partial charge in [0.1, 0.15) is 0 Å². The third kappa shape index (κ3) is 7.65. The Kier molecular flexibility index (Phi) is 9.89. The maximum absolute atomic E-state index is 2.30. The molecule has 0 radical (unpaired) electrons. The molecule has 53 heavy (non-hydrogen) atoms. The lowest BCUT2D eigenvalue weighted by Crippen LogP contribution is -2.12. The van der Waals surface area contributed by atoms with E-state index >= 15 is 0 Å². The van der Waals surface area contributed by atoms with Crippen LogP contribution >= 0.6 is 0 Å². The third-order valence-electron chi connectivity index (χ3n) is 9.21. The molecule has 0 aliphatic heterocycles. The van der Waals surface area contributed by atoms with Gasteiger partial charge in [0, 0.05) is 51.2 Å². The minimum Gasteiger partial charge on any atom is -0.311 e. The van der Waals surface area contributed by atoms with Crippen molar-refractivity contribution in [2.45, 2.75) is 0 Å².